The summed E-state index contributed by atoms with van der Waals surface area (Å²) in [7, 11) is 0. The first kappa shape index (κ1) is 5.31. The Hall–Kier alpha value is -0.830. The van der Waals surface area contributed by atoms with Crippen LogP contribution in [0.3, 0.4) is 0 Å². The number of carbonyl (C=O) groups excluding carboxylic acids is 1. The van der Waals surface area contributed by atoms with E-state index in [1.165, 1.54) is 6.21 Å². The Balaban J connectivity index is 2.85. The van der Waals surface area contributed by atoms with Crippen molar-refractivity contribution in [1.82, 2.24) is 5.43 Å². The van der Waals surface area contributed by atoms with E-state index in [0.717, 1.165) is 0 Å². The molecule has 1 rings (SSSR count). The Morgan fingerprint density at radius 3 is 2.75 bits per heavy atom. The topological polar surface area (TPSA) is 43.5 Å². The molecule has 0 aromatic heterocycles. The molecule has 3 nitrogen and oxygen atoms in total. The van der Waals surface area contributed by atoms with Crippen molar-refractivity contribution in [2.24, 2.45) is 5.10 Å². The van der Waals surface area contributed by atoms with Crippen LogP contribution in [0.1, 0.15) is 0 Å². The zero-order valence-corrected chi connectivity index (χ0v) is 4.59. The molecule has 1 aliphatic heterocycles. The third kappa shape index (κ3) is 0.721. The maximum absolute atomic E-state index is 9.92. The highest BCUT2D eigenvalue weighted by Gasteiger charge is 2.06. The fraction of sp³-hybridized carbons (Fsp3) is 0. The van der Waals surface area contributed by atoms with Crippen molar-refractivity contribution in [3.63, 3.8) is 0 Å². The predicted molar refractivity (Wildman–Crippen MR) is 29.6 cm³/mol. The van der Waals surface area contributed by atoms with Gasteiger partial charge in [0.2, 0.25) is 0 Å². The van der Waals surface area contributed by atoms with E-state index in [9.17, 15) is 4.79 Å². The van der Waals surface area contributed by atoms with Gasteiger partial charge in [-0.1, -0.05) is 11.6 Å². The lowest BCUT2D eigenvalue weighted by atomic mass is 10.4. The number of aldehydes is 1. The first-order valence-corrected chi connectivity index (χ1v) is 2.31. The number of hydrogen-bond donors (Lipinski definition) is 0. The van der Waals surface area contributed by atoms with Gasteiger partial charge in [-0.3, -0.25) is 4.79 Å². The monoisotopic (exact) mass is 129 g/mol. The van der Waals surface area contributed by atoms with Crippen molar-refractivity contribution >= 4 is 24.1 Å². The van der Waals surface area contributed by atoms with Crippen molar-refractivity contribution < 1.29 is 4.79 Å². The number of nitrogens with zero attached hydrogens (tertiary/aromatic N) is 2. The summed E-state index contributed by atoms with van der Waals surface area (Å²) < 4.78 is 0. The largest absolute Gasteiger partial charge is 0.298 e. The molecule has 0 spiro atoms. The summed E-state index contributed by atoms with van der Waals surface area (Å²) in [5.74, 6) is 0. The third-order valence-electron chi connectivity index (χ3n) is 0.708. The van der Waals surface area contributed by atoms with Crippen LogP contribution >= 0.6 is 11.6 Å². The molecule has 1 radical (unpaired) electrons. The van der Waals surface area contributed by atoms with Gasteiger partial charge in [-0.05, 0) is 0 Å². The molecule has 0 bridgehead atoms. The van der Waals surface area contributed by atoms with E-state index in [-0.39, 0.29) is 5.16 Å². The van der Waals surface area contributed by atoms with Crippen LogP contribution < -0.4 is 5.43 Å². The van der Waals surface area contributed by atoms with Crippen LogP contribution in [-0.4, -0.2) is 12.5 Å². The van der Waals surface area contributed by atoms with E-state index in [0.29, 0.717) is 11.9 Å². The number of allylic oxidation sites excluding steroid dienone is 1. The first-order chi connectivity index (χ1) is 3.84. The lowest BCUT2D eigenvalue weighted by Crippen LogP contribution is -1.86. The Bertz CT molecular complexity index is 173. The Morgan fingerprint density at radius 2 is 2.50 bits per heavy atom. The number of halogens is 1. The fourth-order valence-electron chi connectivity index (χ4n) is 0.332. The summed E-state index contributed by atoms with van der Waals surface area (Å²) in [4.78, 5) is 9.92. The van der Waals surface area contributed by atoms with Crippen LogP contribution in [0, 0.1) is 0 Å². The molecule has 0 aromatic carbocycles. The van der Waals surface area contributed by atoms with Crippen LogP contribution in [-0.2, 0) is 4.79 Å². The zero-order valence-electron chi connectivity index (χ0n) is 3.84. The first-order valence-electron chi connectivity index (χ1n) is 1.93. The van der Waals surface area contributed by atoms with Gasteiger partial charge >= 0.3 is 0 Å². The molecule has 0 amide bonds. The highest BCUT2D eigenvalue weighted by Crippen LogP contribution is 2.07. The van der Waals surface area contributed by atoms with Crippen molar-refractivity contribution in [2.45, 2.75) is 0 Å². The Kier molecular flexibility index (Phi) is 1.30. The average Bonchev–Trinajstić information content (AvgIpc) is 2.14. The molecule has 0 aromatic rings. The van der Waals surface area contributed by atoms with Gasteiger partial charge in [0.25, 0.3) is 0 Å². The van der Waals surface area contributed by atoms with Gasteiger partial charge in [0.15, 0.2) is 11.4 Å². The molecular weight excluding hydrogens is 128 g/mol. The Labute approximate surface area is 51.0 Å². The van der Waals surface area contributed by atoms with Crippen molar-refractivity contribution in [1.29, 1.82) is 0 Å². The SMILES string of the molecule is O=CC1=C(Cl)[N]N=C1. The van der Waals surface area contributed by atoms with Gasteiger partial charge in [0.05, 0.1) is 11.8 Å². The number of hydrogen-bond acceptors (Lipinski definition) is 2. The fourth-order valence-corrected chi connectivity index (χ4v) is 0.469. The molecule has 0 fully saturated rings. The molecule has 0 atom stereocenters. The maximum atomic E-state index is 9.92. The minimum atomic E-state index is 0.167. The predicted octanol–water partition coefficient (Wildman–Crippen LogP) is 0.239. The molecule has 0 unspecified atom stereocenters. The van der Waals surface area contributed by atoms with E-state index in [1.807, 2.05) is 0 Å². The van der Waals surface area contributed by atoms with E-state index >= 15 is 0 Å². The van der Waals surface area contributed by atoms with Crippen molar-refractivity contribution in [3.8, 4) is 0 Å². The van der Waals surface area contributed by atoms with Gasteiger partial charge in [0, 0.05) is 0 Å². The van der Waals surface area contributed by atoms with Crippen LogP contribution in [0.4, 0.5) is 0 Å². The summed E-state index contributed by atoms with van der Waals surface area (Å²) in [5, 5.41) is 3.55. The van der Waals surface area contributed by atoms with Crippen LogP contribution in [0.25, 0.3) is 0 Å². The van der Waals surface area contributed by atoms with Gasteiger partial charge in [-0.2, -0.15) is 5.10 Å². The van der Waals surface area contributed by atoms with Crippen LogP contribution in [0.15, 0.2) is 15.8 Å². The normalized spacial score (nSPS) is 16.6. The van der Waals surface area contributed by atoms with E-state index in [1.54, 1.807) is 0 Å². The van der Waals surface area contributed by atoms with Gasteiger partial charge < -0.3 is 0 Å². The molecule has 4 heteroatoms. The molecule has 1 heterocycles. The van der Waals surface area contributed by atoms with E-state index in [4.69, 9.17) is 11.6 Å². The summed E-state index contributed by atoms with van der Waals surface area (Å²) in [6.45, 7) is 0. The van der Waals surface area contributed by atoms with Gasteiger partial charge in [-0.15, -0.1) is 5.43 Å². The standard InChI is InChI=1S/C4H2ClN2O/c5-4-3(2-8)1-6-7-4/h1-2H. The number of rotatable bonds is 1. The minimum absolute atomic E-state index is 0.167. The molecule has 0 saturated carbocycles. The molecule has 0 saturated heterocycles. The lowest BCUT2D eigenvalue weighted by molar-refractivity contribution is -0.104. The van der Waals surface area contributed by atoms with E-state index in [2.05, 4.69) is 10.5 Å². The summed E-state index contributed by atoms with van der Waals surface area (Å²) in [6, 6.07) is 0. The second-order valence-electron chi connectivity index (χ2n) is 1.21. The molecule has 0 aliphatic carbocycles. The third-order valence-corrected chi connectivity index (χ3v) is 1.00. The summed E-state index contributed by atoms with van der Waals surface area (Å²) in [6.07, 6.45) is 1.93. The molecule has 0 N–H and O–H groups in total. The van der Waals surface area contributed by atoms with E-state index < -0.39 is 0 Å². The zero-order chi connectivity index (χ0) is 5.98. The Morgan fingerprint density at radius 1 is 1.75 bits per heavy atom. The maximum Gasteiger partial charge on any atom is 0.163 e. The van der Waals surface area contributed by atoms with Crippen molar-refractivity contribution in [2.75, 3.05) is 0 Å². The van der Waals surface area contributed by atoms with Crippen molar-refractivity contribution in [3.05, 3.63) is 10.7 Å². The summed E-state index contributed by atoms with van der Waals surface area (Å²) >= 11 is 5.34. The minimum Gasteiger partial charge on any atom is -0.298 e. The molecule has 1 aliphatic rings. The highest BCUT2D eigenvalue weighted by molar-refractivity contribution is 6.33. The second kappa shape index (κ2) is 1.96. The van der Waals surface area contributed by atoms with Gasteiger partial charge in [-0.25, -0.2) is 0 Å². The smallest absolute Gasteiger partial charge is 0.163 e. The second-order valence-corrected chi connectivity index (χ2v) is 1.57. The van der Waals surface area contributed by atoms with Crippen LogP contribution in [0.5, 0.6) is 0 Å². The average molecular weight is 130 g/mol. The van der Waals surface area contributed by atoms with Gasteiger partial charge in [0.1, 0.15) is 0 Å². The van der Waals surface area contributed by atoms with Crippen LogP contribution in [0.2, 0.25) is 0 Å². The quantitative estimate of drug-likeness (QED) is 0.370. The highest BCUT2D eigenvalue weighted by atomic mass is 35.5. The molecule has 41 valence electrons. The molecule has 8 heavy (non-hydrogen) atoms. The lowest BCUT2D eigenvalue weighted by Gasteiger charge is -1.80. The number of carbonyl (C=O) groups is 1. The molecular formula is C4H2ClN2O. The summed E-state index contributed by atoms with van der Waals surface area (Å²) in [5.41, 5.74) is 3.71.